The van der Waals surface area contributed by atoms with Crippen LogP contribution in [0.1, 0.15) is 37.7 Å². The average Bonchev–Trinajstić information content (AvgIpc) is 3.40. The van der Waals surface area contributed by atoms with E-state index >= 15 is 0 Å². The van der Waals surface area contributed by atoms with E-state index in [2.05, 4.69) is 5.32 Å². The summed E-state index contributed by atoms with van der Waals surface area (Å²) in [5.41, 5.74) is 6.37. The van der Waals surface area contributed by atoms with Crippen LogP contribution in [0.5, 0.6) is 0 Å². The number of benzene rings is 1. The van der Waals surface area contributed by atoms with Gasteiger partial charge in [-0.3, -0.25) is 25.1 Å². The molecule has 2 fully saturated rings. The number of nitrogens with zero attached hydrogens (tertiary/aromatic N) is 3. The zero-order valence-electron chi connectivity index (χ0n) is 22.7. The zero-order chi connectivity index (χ0) is 28.6. The molecule has 3 rings (SSSR count). The number of carbonyl (C=O) groups is 3. The van der Waals surface area contributed by atoms with Crippen molar-refractivity contribution in [1.29, 1.82) is 5.41 Å². The van der Waals surface area contributed by atoms with Crippen LogP contribution in [0.25, 0.3) is 0 Å². The predicted molar refractivity (Wildman–Crippen MR) is 146 cm³/mol. The van der Waals surface area contributed by atoms with E-state index in [0.29, 0.717) is 45.3 Å². The lowest BCUT2D eigenvalue weighted by Gasteiger charge is -2.38. The first kappa shape index (κ1) is 30.5. The number of nitrogens with one attached hydrogen (secondary N) is 2. The van der Waals surface area contributed by atoms with Gasteiger partial charge in [-0.2, -0.15) is 4.31 Å². The number of hydrogen-bond donors (Lipinski definition) is 3. The van der Waals surface area contributed by atoms with Gasteiger partial charge in [0.1, 0.15) is 12.1 Å². The highest BCUT2D eigenvalue weighted by Gasteiger charge is 2.41. The first-order valence-electron chi connectivity index (χ1n) is 13.2. The summed E-state index contributed by atoms with van der Waals surface area (Å²) in [4.78, 5) is 41.0. The van der Waals surface area contributed by atoms with E-state index in [0.717, 1.165) is 11.8 Å². The van der Waals surface area contributed by atoms with E-state index in [9.17, 15) is 22.8 Å². The van der Waals surface area contributed by atoms with Crippen LogP contribution in [0.4, 0.5) is 0 Å². The third-order valence-corrected chi connectivity index (χ3v) is 8.61. The second-order valence-corrected chi connectivity index (χ2v) is 12.1. The molecule has 0 aliphatic carbocycles. The number of primary amides is 1. The van der Waals surface area contributed by atoms with E-state index in [-0.39, 0.29) is 43.8 Å². The molecule has 13 heteroatoms. The van der Waals surface area contributed by atoms with Crippen LogP contribution in [0, 0.1) is 11.3 Å². The van der Waals surface area contributed by atoms with Gasteiger partial charge in [0, 0.05) is 33.3 Å². The fourth-order valence-corrected chi connectivity index (χ4v) is 6.33. The molecule has 2 aliphatic rings. The summed E-state index contributed by atoms with van der Waals surface area (Å²) in [7, 11) is -2.30. The van der Waals surface area contributed by atoms with Gasteiger partial charge in [0.05, 0.1) is 19.3 Å². The lowest BCUT2D eigenvalue weighted by atomic mass is 9.95. The van der Waals surface area contributed by atoms with Crippen LogP contribution >= 0.6 is 0 Å². The molecular weight excluding hydrogens is 524 g/mol. The minimum atomic E-state index is -3.81. The highest BCUT2D eigenvalue weighted by Crippen LogP contribution is 2.26. The Balaban J connectivity index is 1.75. The van der Waals surface area contributed by atoms with Crippen molar-refractivity contribution in [2.75, 3.05) is 46.2 Å². The third-order valence-electron chi connectivity index (χ3n) is 7.35. The number of carbonyl (C=O) groups excluding carboxylic acids is 3. The van der Waals surface area contributed by atoms with Crippen molar-refractivity contribution in [3.05, 3.63) is 35.9 Å². The van der Waals surface area contributed by atoms with Gasteiger partial charge in [-0.25, -0.2) is 8.42 Å². The monoisotopic (exact) mass is 564 g/mol. The maximum atomic E-state index is 13.8. The number of amides is 3. The molecule has 0 radical (unpaired) electrons. The summed E-state index contributed by atoms with van der Waals surface area (Å²) in [6.45, 7) is 1.70. The molecule has 12 nitrogen and oxygen atoms in total. The third kappa shape index (κ3) is 8.48. The van der Waals surface area contributed by atoms with Crippen molar-refractivity contribution < 1.29 is 27.5 Å². The highest BCUT2D eigenvalue weighted by molar-refractivity contribution is 7.88. The minimum absolute atomic E-state index is 0.0122. The Morgan fingerprint density at radius 1 is 1.15 bits per heavy atom. The molecule has 0 aromatic heterocycles. The fourth-order valence-electron chi connectivity index (χ4n) is 5.22. The molecule has 39 heavy (non-hydrogen) atoms. The Morgan fingerprint density at radius 2 is 1.82 bits per heavy atom. The first-order valence-corrected chi connectivity index (χ1v) is 15.1. The van der Waals surface area contributed by atoms with Crippen molar-refractivity contribution in [2.24, 2.45) is 11.7 Å². The summed E-state index contributed by atoms with van der Waals surface area (Å²) in [6.07, 6.45) is 3.70. The maximum Gasteiger partial charge on any atom is 0.242 e. The molecule has 4 N–H and O–H groups in total. The standard InChI is InChI=1S/C26H40N6O6S/c1-38-16-12-23(33)29-26(28)30-14-10-20(11-15-30)18-32(39(2,36)37)22(17-19-7-4-3-5-8-19)25(35)31-13-6-9-21(31)24(27)34/h3-5,7-8,20-22H,6,9-18H2,1-2H3,(H2,27,34)(H2,28,29,33)/t21-,22+/m0/s1. The average molecular weight is 565 g/mol. The summed E-state index contributed by atoms with van der Waals surface area (Å²) in [6, 6.07) is 7.46. The summed E-state index contributed by atoms with van der Waals surface area (Å²) < 4.78 is 32.4. The van der Waals surface area contributed by atoms with E-state index < -0.39 is 33.9 Å². The number of ether oxygens (including phenoxy) is 1. The highest BCUT2D eigenvalue weighted by atomic mass is 32.2. The molecule has 1 aromatic carbocycles. The van der Waals surface area contributed by atoms with Crippen molar-refractivity contribution in [3.8, 4) is 0 Å². The smallest absolute Gasteiger partial charge is 0.242 e. The molecule has 0 unspecified atom stereocenters. The Labute approximate surface area is 230 Å². The SMILES string of the molecule is COCCC(=O)NC(=N)N1CCC(CN([C@H](Cc2ccccc2)C(=O)N2CCC[C@H]2C(N)=O)S(C)(=O)=O)CC1. The largest absolute Gasteiger partial charge is 0.384 e. The maximum absolute atomic E-state index is 13.8. The molecule has 3 amide bonds. The summed E-state index contributed by atoms with van der Waals surface area (Å²) in [5, 5.41) is 10.8. The Hall–Kier alpha value is -3.03. The summed E-state index contributed by atoms with van der Waals surface area (Å²) in [5.74, 6) is -1.34. The number of methoxy groups -OCH3 is 1. The van der Waals surface area contributed by atoms with Gasteiger partial charge in [-0.05, 0) is 43.6 Å². The number of likely N-dealkylation sites (tertiary alicyclic amines) is 2. The zero-order valence-corrected chi connectivity index (χ0v) is 23.5. The Bertz CT molecular complexity index is 1120. The van der Waals surface area contributed by atoms with E-state index in [1.807, 2.05) is 30.3 Å². The van der Waals surface area contributed by atoms with Gasteiger partial charge in [-0.1, -0.05) is 30.3 Å². The minimum Gasteiger partial charge on any atom is -0.384 e. The van der Waals surface area contributed by atoms with Crippen LogP contribution in [0.15, 0.2) is 30.3 Å². The van der Waals surface area contributed by atoms with Gasteiger partial charge in [0.25, 0.3) is 0 Å². The van der Waals surface area contributed by atoms with Gasteiger partial charge in [0.2, 0.25) is 27.7 Å². The fraction of sp³-hybridized carbons (Fsp3) is 0.615. The van der Waals surface area contributed by atoms with Crippen molar-refractivity contribution in [3.63, 3.8) is 0 Å². The number of rotatable bonds is 11. The van der Waals surface area contributed by atoms with Crippen molar-refractivity contribution in [2.45, 2.75) is 50.6 Å². The second-order valence-electron chi connectivity index (χ2n) is 10.2. The lowest BCUT2D eigenvalue weighted by Crippen LogP contribution is -2.56. The molecule has 216 valence electrons. The Kier molecular flexibility index (Phi) is 10.8. The topological polar surface area (TPSA) is 166 Å². The van der Waals surface area contributed by atoms with Gasteiger partial charge in [0.15, 0.2) is 5.96 Å². The molecule has 2 saturated heterocycles. The molecule has 2 aliphatic heterocycles. The van der Waals surface area contributed by atoms with Crippen LogP contribution in [0.2, 0.25) is 0 Å². The number of hydrogen-bond acceptors (Lipinski definition) is 7. The first-order chi connectivity index (χ1) is 18.5. The molecule has 0 saturated carbocycles. The van der Waals surface area contributed by atoms with E-state index in [1.165, 1.54) is 16.3 Å². The number of guanidine groups is 1. The molecule has 1 aromatic rings. The molecule has 0 spiro atoms. The molecule has 2 heterocycles. The van der Waals surface area contributed by atoms with Crippen LogP contribution in [-0.4, -0.2) is 104 Å². The van der Waals surface area contributed by atoms with Crippen LogP contribution < -0.4 is 11.1 Å². The number of nitrogens with two attached hydrogens (primary N) is 1. The van der Waals surface area contributed by atoms with Crippen LogP contribution in [-0.2, 0) is 35.6 Å². The van der Waals surface area contributed by atoms with E-state index in [4.69, 9.17) is 15.9 Å². The van der Waals surface area contributed by atoms with Gasteiger partial charge < -0.3 is 20.3 Å². The Morgan fingerprint density at radius 3 is 2.41 bits per heavy atom. The summed E-state index contributed by atoms with van der Waals surface area (Å²) >= 11 is 0. The number of piperidine rings is 1. The predicted octanol–water partition coefficient (Wildman–Crippen LogP) is 0.135. The van der Waals surface area contributed by atoms with Crippen LogP contribution in [0.3, 0.4) is 0 Å². The normalized spacial score (nSPS) is 19.2. The lowest BCUT2D eigenvalue weighted by molar-refractivity contribution is -0.140. The van der Waals surface area contributed by atoms with Gasteiger partial charge >= 0.3 is 0 Å². The second kappa shape index (κ2) is 13.9. The van der Waals surface area contributed by atoms with Gasteiger partial charge in [-0.15, -0.1) is 0 Å². The quantitative estimate of drug-likeness (QED) is 0.254. The molecule has 0 bridgehead atoms. The molecule has 2 atom stereocenters. The molecular formula is C26H40N6O6S. The van der Waals surface area contributed by atoms with Crippen molar-refractivity contribution >= 4 is 33.7 Å². The number of sulfonamides is 1. The van der Waals surface area contributed by atoms with Crippen molar-refractivity contribution in [1.82, 2.24) is 19.4 Å². The van der Waals surface area contributed by atoms with E-state index in [1.54, 1.807) is 4.90 Å².